The molecule has 0 aromatic carbocycles. The van der Waals surface area contributed by atoms with Crippen molar-refractivity contribution < 1.29 is 79.2 Å². The minimum Gasteiger partial charge on any atom is -0.480 e. The van der Waals surface area contributed by atoms with E-state index < -0.39 is 82.3 Å². The minimum atomic E-state index is -5.04. The van der Waals surface area contributed by atoms with E-state index in [0.29, 0.717) is 0 Å². The van der Waals surface area contributed by atoms with Gasteiger partial charge in [-0.1, -0.05) is 0 Å². The van der Waals surface area contributed by atoms with Crippen LogP contribution in [0.4, 0.5) is 0 Å². The highest BCUT2D eigenvalue weighted by atomic mass is 16.4. The van der Waals surface area contributed by atoms with Crippen LogP contribution in [0.3, 0.4) is 0 Å². The van der Waals surface area contributed by atoms with E-state index in [4.69, 9.17) is 0 Å². The summed E-state index contributed by atoms with van der Waals surface area (Å²) < 4.78 is 0. The zero-order valence-electron chi connectivity index (χ0n) is 14.3. The summed E-state index contributed by atoms with van der Waals surface area (Å²) in [5.41, 5.74) is -18.7. The van der Waals surface area contributed by atoms with Crippen LogP contribution in [0.2, 0.25) is 0 Å². The van der Waals surface area contributed by atoms with E-state index in [0.717, 1.165) is 0 Å². The first-order valence-electron chi connectivity index (χ1n) is 7.38. The number of carboxylic acids is 8. The number of carbonyl (C=O) groups is 8. The second-order valence-corrected chi connectivity index (χ2v) is 6.25. The molecular formula is C14H12O16. The Morgan fingerprint density at radius 3 is 0.633 bits per heavy atom. The molecule has 30 heavy (non-hydrogen) atoms. The van der Waals surface area contributed by atoms with Gasteiger partial charge < -0.3 is 40.9 Å². The zero-order chi connectivity index (χ0) is 24.0. The standard InChI is InChI=1S/C14H12O16/c15-3(16)11(4(17)18)1-2-12(5(19)20,6(21)22)14(9(27)28,10(29)30)13(11,7(23)24)8(25)26/h1-2H2,(H,15,16)(H,17,18)(H,19,20)(H,21,22)(H,23,24)(H,25,26)(H,27,28)(H,29,30). The van der Waals surface area contributed by atoms with Crippen molar-refractivity contribution in [1.29, 1.82) is 0 Å². The van der Waals surface area contributed by atoms with Gasteiger partial charge in [-0.3, -0.25) is 38.4 Å². The van der Waals surface area contributed by atoms with Gasteiger partial charge >= 0.3 is 47.8 Å². The van der Waals surface area contributed by atoms with E-state index in [1.165, 1.54) is 0 Å². The molecule has 0 unspecified atom stereocenters. The summed E-state index contributed by atoms with van der Waals surface area (Å²) in [5.74, 6) is -24.1. The van der Waals surface area contributed by atoms with Gasteiger partial charge in [-0.25, -0.2) is 0 Å². The SMILES string of the molecule is O=C(O)C1(C(=O)O)CCC(C(=O)O)(C(=O)O)C(C(=O)O)(C(=O)O)C1(C(=O)O)C(=O)O. The van der Waals surface area contributed by atoms with Gasteiger partial charge in [0.25, 0.3) is 0 Å². The van der Waals surface area contributed by atoms with Gasteiger partial charge in [0.05, 0.1) is 0 Å². The zero-order valence-corrected chi connectivity index (χ0v) is 14.3. The summed E-state index contributed by atoms with van der Waals surface area (Å²) in [6.07, 6.45) is -3.73. The second-order valence-electron chi connectivity index (χ2n) is 6.25. The molecule has 0 radical (unpaired) electrons. The summed E-state index contributed by atoms with van der Waals surface area (Å²) in [6.45, 7) is 0. The highest BCUT2D eigenvalue weighted by Gasteiger charge is 2.94. The summed E-state index contributed by atoms with van der Waals surface area (Å²) in [4.78, 5) is 95.7. The summed E-state index contributed by atoms with van der Waals surface area (Å²) >= 11 is 0. The molecule has 1 aliphatic carbocycles. The van der Waals surface area contributed by atoms with Crippen molar-refractivity contribution in [3.63, 3.8) is 0 Å². The van der Waals surface area contributed by atoms with Crippen LogP contribution >= 0.6 is 0 Å². The molecule has 0 heterocycles. The highest BCUT2D eigenvalue weighted by Crippen LogP contribution is 2.68. The molecule has 1 saturated carbocycles. The average Bonchev–Trinajstić information content (AvgIpc) is 2.57. The van der Waals surface area contributed by atoms with Crippen LogP contribution in [0.15, 0.2) is 0 Å². The Balaban J connectivity index is 4.74. The molecule has 0 aliphatic heterocycles. The molecule has 164 valence electrons. The fraction of sp³-hybridized carbons (Fsp3) is 0.429. The first-order valence-corrected chi connectivity index (χ1v) is 7.38. The third-order valence-electron chi connectivity index (χ3n) is 5.46. The van der Waals surface area contributed by atoms with Gasteiger partial charge in [0.15, 0.2) is 10.8 Å². The first kappa shape index (κ1) is 23.8. The topological polar surface area (TPSA) is 298 Å². The molecule has 1 fully saturated rings. The second kappa shape index (κ2) is 6.68. The maximum Gasteiger partial charge on any atom is 0.324 e. The lowest BCUT2D eigenvalue weighted by Gasteiger charge is -2.55. The van der Waals surface area contributed by atoms with Gasteiger partial charge in [0, 0.05) is 0 Å². The van der Waals surface area contributed by atoms with Gasteiger partial charge in [-0.2, -0.15) is 0 Å². The molecule has 0 bridgehead atoms. The first-order chi connectivity index (χ1) is 13.5. The Bertz CT molecular complexity index is 779. The number of carboxylic acid groups (broad SMARTS) is 8. The minimum absolute atomic E-state index is 1.86. The molecule has 1 aliphatic rings. The van der Waals surface area contributed by atoms with Crippen LogP contribution in [-0.4, -0.2) is 88.6 Å². The van der Waals surface area contributed by atoms with Gasteiger partial charge in [-0.15, -0.1) is 0 Å². The van der Waals surface area contributed by atoms with Gasteiger partial charge in [0.2, 0.25) is 10.8 Å². The molecule has 8 N–H and O–H groups in total. The van der Waals surface area contributed by atoms with Crippen molar-refractivity contribution in [3.8, 4) is 0 Å². The van der Waals surface area contributed by atoms with Crippen molar-refractivity contribution >= 4 is 47.8 Å². The maximum atomic E-state index is 12.1. The lowest BCUT2D eigenvalue weighted by molar-refractivity contribution is -0.247. The highest BCUT2D eigenvalue weighted by molar-refractivity contribution is 6.25. The fourth-order valence-electron chi connectivity index (χ4n) is 4.20. The fourth-order valence-corrected chi connectivity index (χ4v) is 4.20. The Labute approximate surface area is 162 Å². The third-order valence-corrected chi connectivity index (χ3v) is 5.46. The molecule has 0 aromatic rings. The number of hydrogen-bond donors (Lipinski definition) is 8. The summed E-state index contributed by atoms with van der Waals surface area (Å²) in [7, 11) is 0. The summed E-state index contributed by atoms with van der Waals surface area (Å²) in [5, 5.41) is 76.2. The smallest absolute Gasteiger partial charge is 0.324 e. The molecule has 0 aromatic heterocycles. The maximum absolute atomic E-state index is 12.1. The lowest BCUT2D eigenvalue weighted by Crippen LogP contribution is -2.81. The number of aliphatic carboxylic acids is 8. The number of rotatable bonds is 8. The normalized spacial score (nSPS) is 20.3. The van der Waals surface area contributed by atoms with Crippen molar-refractivity contribution in [2.24, 2.45) is 21.7 Å². The Morgan fingerprint density at radius 2 is 0.533 bits per heavy atom. The number of hydrogen-bond acceptors (Lipinski definition) is 8. The van der Waals surface area contributed by atoms with E-state index in [2.05, 4.69) is 0 Å². The average molecular weight is 436 g/mol. The van der Waals surface area contributed by atoms with E-state index in [9.17, 15) is 79.2 Å². The molecule has 0 spiro atoms. The van der Waals surface area contributed by atoms with Crippen molar-refractivity contribution in [2.45, 2.75) is 12.8 Å². The molecular weight excluding hydrogens is 424 g/mol. The van der Waals surface area contributed by atoms with E-state index >= 15 is 0 Å². The molecule has 0 saturated heterocycles. The molecule has 0 atom stereocenters. The van der Waals surface area contributed by atoms with Crippen LogP contribution in [-0.2, 0) is 38.4 Å². The van der Waals surface area contributed by atoms with Crippen LogP contribution in [0, 0.1) is 21.7 Å². The molecule has 16 nitrogen and oxygen atoms in total. The van der Waals surface area contributed by atoms with Gasteiger partial charge in [-0.05, 0) is 12.8 Å². The quantitative estimate of drug-likeness (QED) is 0.181. The van der Waals surface area contributed by atoms with Crippen LogP contribution in [0.25, 0.3) is 0 Å². The lowest BCUT2D eigenvalue weighted by atomic mass is 9.36. The summed E-state index contributed by atoms with van der Waals surface area (Å²) in [6, 6.07) is 0. The van der Waals surface area contributed by atoms with E-state index in [-0.39, 0.29) is 0 Å². The predicted molar refractivity (Wildman–Crippen MR) is 80.1 cm³/mol. The molecule has 0 amide bonds. The molecule has 16 heteroatoms. The third kappa shape index (κ3) is 2.04. The van der Waals surface area contributed by atoms with Crippen LogP contribution in [0.5, 0.6) is 0 Å². The molecule has 1 rings (SSSR count). The van der Waals surface area contributed by atoms with Crippen molar-refractivity contribution in [1.82, 2.24) is 0 Å². The largest absolute Gasteiger partial charge is 0.480 e. The monoisotopic (exact) mass is 436 g/mol. The Morgan fingerprint density at radius 1 is 0.367 bits per heavy atom. The van der Waals surface area contributed by atoms with Crippen LogP contribution in [0.1, 0.15) is 12.8 Å². The predicted octanol–water partition coefficient (Wildman–Crippen LogP) is -2.60. The van der Waals surface area contributed by atoms with E-state index in [1.807, 2.05) is 0 Å². The van der Waals surface area contributed by atoms with Crippen molar-refractivity contribution in [3.05, 3.63) is 0 Å². The van der Waals surface area contributed by atoms with E-state index in [1.54, 1.807) is 0 Å². The van der Waals surface area contributed by atoms with Crippen molar-refractivity contribution in [2.75, 3.05) is 0 Å². The van der Waals surface area contributed by atoms with Crippen LogP contribution < -0.4 is 0 Å². The van der Waals surface area contributed by atoms with Gasteiger partial charge in [0.1, 0.15) is 0 Å². The Kier molecular flexibility index (Phi) is 5.30. The Hall–Kier alpha value is -4.24.